The average molecular weight is 579 g/mol. The fourth-order valence-electron chi connectivity index (χ4n) is 4.85. The Kier molecular flexibility index (Phi) is 9.10. The van der Waals surface area contributed by atoms with Crippen molar-refractivity contribution in [2.24, 2.45) is 4.99 Å². The molecule has 5 rings (SSSR count). The first-order valence-corrected chi connectivity index (χ1v) is 15.3. The smallest absolute Gasteiger partial charge is 0.240 e. The zero-order valence-electron chi connectivity index (χ0n) is 22.7. The standard InChI is InChI=1S/C35H31ClN2O2S/c1-26-21-23-30(24-22-26)41(39,40)37-25-32(27-13-5-2-6-14-27)35(31-19-11-12-20-33(31)36)38-34(28-15-7-3-8-16-28)29-17-9-4-10-18-29/h2-24,32,35,37H,25H2,1H3/t32-,35+/m0/s1. The van der Waals surface area contributed by atoms with Crippen LogP contribution in [-0.4, -0.2) is 20.7 Å². The number of halogens is 1. The molecule has 5 aromatic rings. The van der Waals surface area contributed by atoms with Crippen molar-refractivity contribution in [1.82, 2.24) is 4.72 Å². The van der Waals surface area contributed by atoms with Crippen LogP contribution in [0, 0.1) is 6.92 Å². The third kappa shape index (κ3) is 7.01. The van der Waals surface area contributed by atoms with Gasteiger partial charge in [0.2, 0.25) is 10.0 Å². The van der Waals surface area contributed by atoms with Crippen LogP contribution in [-0.2, 0) is 10.0 Å². The molecular weight excluding hydrogens is 548 g/mol. The first-order chi connectivity index (χ1) is 19.9. The summed E-state index contributed by atoms with van der Waals surface area (Å²) in [6.45, 7) is 2.05. The van der Waals surface area contributed by atoms with E-state index in [0.717, 1.165) is 33.5 Å². The van der Waals surface area contributed by atoms with E-state index in [4.69, 9.17) is 16.6 Å². The quantitative estimate of drug-likeness (QED) is 0.171. The van der Waals surface area contributed by atoms with E-state index in [1.165, 1.54) is 0 Å². The Hall–Kier alpha value is -4.03. The summed E-state index contributed by atoms with van der Waals surface area (Å²) in [6, 6.07) is 43.9. The SMILES string of the molecule is Cc1ccc(S(=O)(=O)NC[C@@H](c2ccccc2)[C@H](N=C(c2ccccc2)c2ccccc2)c2ccccc2Cl)cc1. The molecule has 206 valence electrons. The number of hydrogen-bond acceptors (Lipinski definition) is 3. The Labute approximate surface area is 247 Å². The van der Waals surface area contributed by atoms with E-state index in [0.29, 0.717) is 5.02 Å². The van der Waals surface area contributed by atoms with Crippen LogP contribution in [0.5, 0.6) is 0 Å². The van der Waals surface area contributed by atoms with Gasteiger partial charge in [0.1, 0.15) is 0 Å². The molecule has 6 heteroatoms. The maximum absolute atomic E-state index is 13.4. The monoisotopic (exact) mass is 578 g/mol. The Morgan fingerprint density at radius 2 is 1.22 bits per heavy atom. The van der Waals surface area contributed by atoms with Crippen LogP contribution >= 0.6 is 11.6 Å². The Morgan fingerprint density at radius 3 is 1.78 bits per heavy atom. The second kappa shape index (κ2) is 13.1. The lowest BCUT2D eigenvalue weighted by atomic mass is 9.86. The van der Waals surface area contributed by atoms with Gasteiger partial charge in [0.25, 0.3) is 0 Å². The predicted molar refractivity (Wildman–Crippen MR) is 168 cm³/mol. The topological polar surface area (TPSA) is 58.5 Å². The molecule has 0 spiro atoms. The Bertz CT molecular complexity index is 1670. The largest absolute Gasteiger partial charge is 0.275 e. The van der Waals surface area contributed by atoms with Gasteiger partial charge in [-0.25, -0.2) is 13.1 Å². The lowest BCUT2D eigenvalue weighted by molar-refractivity contribution is 0.529. The van der Waals surface area contributed by atoms with Crippen LogP contribution in [0.2, 0.25) is 5.02 Å². The van der Waals surface area contributed by atoms with Gasteiger partial charge in [0, 0.05) is 28.6 Å². The minimum Gasteiger partial charge on any atom is -0.275 e. The van der Waals surface area contributed by atoms with E-state index in [1.807, 2.05) is 122 Å². The number of aryl methyl sites for hydroxylation is 1. The van der Waals surface area contributed by atoms with E-state index in [9.17, 15) is 8.42 Å². The fourth-order valence-corrected chi connectivity index (χ4v) is 6.16. The molecule has 0 unspecified atom stereocenters. The minimum atomic E-state index is -3.77. The van der Waals surface area contributed by atoms with Gasteiger partial charge in [-0.05, 0) is 36.2 Å². The molecule has 0 bridgehead atoms. The van der Waals surface area contributed by atoms with Gasteiger partial charge in [-0.3, -0.25) is 4.99 Å². The molecule has 2 atom stereocenters. The van der Waals surface area contributed by atoms with Crippen molar-refractivity contribution in [2.75, 3.05) is 6.54 Å². The average Bonchev–Trinajstić information content (AvgIpc) is 3.01. The van der Waals surface area contributed by atoms with Gasteiger partial charge < -0.3 is 0 Å². The molecule has 0 amide bonds. The molecule has 0 saturated carbocycles. The molecule has 4 nitrogen and oxygen atoms in total. The summed E-state index contributed by atoms with van der Waals surface area (Å²) >= 11 is 6.82. The number of rotatable bonds is 10. The minimum absolute atomic E-state index is 0.122. The summed E-state index contributed by atoms with van der Waals surface area (Å²) in [5.74, 6) is -0.362. The second-order valence-electron chi connectivity index (χ2n) is 9.86. The van der Waals surface area contributed by atoms with Crippen molar-refractivity contribution in [3.63, 3.8) is 0 Å². The van der Waals surface area contributed by atoms with E-state index in [1.54, 1.807) is 24.3 Å². The molecular formula is C35H31ClN2O2S. The first kappa shape index (κ1) is 28.5. The molecule has 1 N–H and O–H groups in total. The summed E-state index contributed by atoms with van der Waals surface area (Å²) in [7, 11) is -3.77. The molecule has 5 aromatic carbocycles. The molecule has 41 heavy (non-hydrogen) atoms. The molecule has 0 heterocycles. The van der Waals surface area contributed by atoms with Crippen LogP contribution in [0.4, 0.5) is 0 Å². The van der Waals surface area contributed by atoms with Crippen molar-refractivity contribution < 1.29 is 8.42 Å². The third-order valence-electron chi connectivity index (χ3n) is 7.02. The Balaban J connectivity index is 1.66. The molecule has 0 saturated heterocycles. The van der Waals surface area contributed by atoms with E-state index >= 15 is 0 Å². The van der Waals surface area contributed by atoms with Crippen molar-refractivity contribution in [1.29, 1.82) is 0 Å². The predicted octanol–water partition coefficient (Wildman–Crippen LogP) is 7.99. The lowest BCUT2D eigenvalue weighted by Gasteiger charge is -2.27. The van der Waals surface area contributed by atoms with Crippen molar-refractivity contribution >= 4 is 27.3 Å². The first-order valence-electron chi connectivity index (χ1n) is 13.5. The van der Waals surface area contributed by atoms with E-state index in [-0.39, 0.29) is 17.4 Å². The van der Waals surface area contributed by atoms with Crippen LogP contribution in [0.3, 0.4) is 0 Å². The number of nitrogens with one attached hydrogen (secondary N) is 1. The number of hydrogen-bond donors (Lipinski definition) is 1. The van der Waals surface area contributed by atoms with E-state index in [2.05, 4.69) is 4.72 Å². The number of aliphatic imine (C=N–C) groups is 1. The van der Waals surface area contributed by atoms with Crippen molar-refractivity contribution in [3.8, 4) is 0 Å². The fraction of sp³-hybridized carbons (Fsp3) is 0.114. The van der Waals surface area contributed by atoms with Crippen molar-refractivity contribution in [3.05, 3.63) is 172 Å². The summed E-state index contributed by atoms with van der Waals surface area (Å²) in [5.41, 5.74) is 5.49. The maximum Gasteiger partial charge on any atom is 0.240 e. The van der Waals surface area contributed by atoms with Gasteiger partial charge >= 0.3 is 0 Å². The lowest BCUT2D eigenvalue weighted by Crippen LogP contribution is -2.31. The zero-order chi connectivity index (χ0) is 28.7. The van der Waals surface area contributed by atoms with Gasteiger partial charge in [-0.15, -0.1) is 0 Å². The normalized spacial score (nSPS) is 12.8. The number of nitrogens with zero attached hydrogens (tertiary/aromatic N) is 1. The highest BCUT2D eigenvalue weighted by Gasteiger charge is 2.29. The van der Waals surface area contributed by atoms with Gasteiger partial charge in [0.05, 0.1) is 16.6 Å². The molecule has 0 radical (unpaired) electrons. The maximum atomic E-state index is 13.4. The van der Waals surface area contributed by atoms with Crippen LogP contribution in [0.15, 0.2) is 149 Å². The van der Waals surface area contributed by atoms with Crippen molar-refractivity contribution in [2.45, 2.75) is 23.8 Å². The van der Waals surface area contributed by atoms with Gasteiger partial charge in [-0.2, -0.15) is 0 Å². The van der Waals surface area contributed by atoms with Crippen LogP contribution in [0.1, 0.15) is 39.8 Å². The number of benzene rings is 5. The number of sulfonamides is 1. The summed E-state index contributed by atoms with van der Waals surface area (Å²) < 4.78 is 29.7. The summed E-state index contributed by atoms with van der Waals surface area (Å²) in [6.07, 6.45) is 0. The van der Waals surface area contributed by atoms with Gasteiger partial charge in [0.15, 0.2) is 0 Å². The highest BCUT2D eigenvalue weighted by Crippen LogP contribution is 2.38. The highest BCUT2D eigenvalue weighted by molar-refractivity contribution is 7.89. The molecule has 0 aliphatic heterocycles. The zero-order valence-corrected chi connectivity index (χ0v) is 24.3. The van der Waals surface area contributed by atoms with Gasteiger partial charge in [-0.1, -0.05) is 138 Å². The summed E-state index contributed by atoms with van der Waals surface area (Å²) in [5, 5.41) is 0.573. The third-order valence-corrected chi connectivity index (χ3v) is 8.80. The molecule has 0 aliphatic carbocycles. The molecule has 0 aromatic heterocycles. The van der Waals surface area contributed by atoms with Crippen LogP contribution < -0.4 is 4.72 Å². The Morgan fingerprint density at radius 1 is 0.707 bits per heavy atom. The molecule has 0 fully saturated rings. The summed E-state index contributed by atoms with van der Waals surface area (Å²) in [4.78, 5) is 5.63. The second-order valence-corrected chi connectivity index (χ2v) is 12.0. The molecule has 0 aliphatic rings. The highest BCUT2D eigenvalue weighted by atomic mass is 35.5. The van der Waals surface area contributed by atoms with Crippen LogP contribution in [0.25, 0.3) is 0 Å². The van der Waals surface area contributed by atoms with E-state index < -0.39 is 16.1 Å².